The predicted octanol–water partition coefficient (Wildman–Crippen LogP) is 2.70. The van der Waals surface area contributed by atoms with E-state index in [1.165, 1.54) is 0 Å². The molecule has 0 saturated carbocycles. The molecule has 1 unspecified atom stereocenters. The van der Waals surface area contributed by atoms with E-state index >= 15 is 0 Å². The Morgan fingerprint density at radius 2 is 2.14 bits per heavy atom. The van der Waals surface area contributed by atoms with Crippen LogP contribution in [-0.2, 0) is 0 Å². The third-order valence-corrected chi connectivity index (χ3v) is 4.32. The maximum Gasteiger partial charge on any atom is 0.253 e. The van der Waals surface area contributed by atoms with E-state index in [0.29, 0.717) is 12.0 Å². The minimum Gasteiger partial charge on any atom is -0.396 e. The molecule has 0 saturated heterocycles. The summed E-state index contributed by atoms with van der Waals surface area (Å²) in [5, 5.41) is 13.1. The van der Waals surface area contributed by atoms with E-state index in [9.17, 15) is 4.79 Å². The number of nitrogens with one attached hydrogen (secondary N) is 1. The molecule has 4 nitrogen and oxygen atoms in total. The number of amides is 1. The van der Waals surface area contributed by atoms with Crippen LogP contribution < -0.4 is 5.32 Å². The molecule has 2 N–H and O–H groups in total. The fourth-order valence-electron chi connectivity index (χ4n) is 2.44. The molecule has 2 aromatic rings. The molecule has 1 amide bonds. The lowest BCUT2D eigenvalue weighted by Crippen LogP contribution is -2.37. The van der Waals surface area contributed by atoms with Crippen molar-refractivity contribution in [3.63, 3.8) is 0 Å². The second kappa shape index (κ2) is 7.61. The number of thioether (sulfide) groups is 1. The van der Waals surface area contributed by atoms with Crippen LogP contribution in [0, 0.1) is 13.8 Å². The average molecular weight is 318 g/mol. The van der Waals surface area contributed by atoms with E-state index < -0.39 is 0 Å². The fourth-order valence-corrected chi connectivity index (χ4v) is 3.09. The van der Waals surface area contributed by atoms with Gasteiger partial charge in [0.05, 0.1) is 16.8 Å². The summed E-state index contributed by atoms with van der Waals surface area (Å²) in [6.45, 7) is 3.94. The van der Waals surface area contributed by atoms with Crippen LogP contribution in [0.2, 0.25) is 0 Å². The van der Waals surface area contributed by atoms with Crippen molar-refractivity contribution >= 4 is 28.6 Å². The molecule has 1 heterocycles. The van der Waals surface area contributed by atoms with E-state index in [1.54, 1.807) is 11.8 Å². The van der Waals surface area contributed by atoms with Gasteiger partial charge in [-0.3, -0.25) is 9.78 Å². The summed E-state index contributed by atoms with van der Waals surface area (Å²) in [6, 6.07) is 7.90. The quantitative estimate of drug-likeness (QED) is 0.859. The first-order chi connectivity index (χ1) is 10.5. The molecule has 118 valence electrons. The third-order valence-electron chi connectivity index (χ3n) is 3.59. The Hall–Kier alpha value is -1.59. The molecule has 0 aliphatic rings. The number of aryl methyl sites for hydroxylation is 2. The molecule has 0 aliphatic heterocycles. The number of aromatic nitrogens is 1. The molecule has 1 aromatic heterocycles. The molecule has 0 bridgehead atoms. The molecule has 1 atom stereocenters. The smallest absolute Gasteiger partial charge is 0.253 e. The third kappa shape index (κ3) is 3.99. The van der Waals surface area contributed by atoms with Crippen LogP contribution in [-0.4, -0.2) is 40.7 Å². The standard InChI is InChI=1S/C17H22N2O2S/c1-11-4-5-16-13(8-11)9-15(12(2)18-16)17(21)19-14(6-7-20)10-22-3/h4-5,8-9,14,20H,6-7,10H2,1-3H3,(H,19,21). The van der Waals surface area contributed by atoms with Gasteiger partial charge in [-0.1, -0.05) is 11.6 Å². The number of rotatable bonds is 6. The summed E-state index contributed by atoms with van der Waals surface area (Å²) < 4.78 is 0. The minimum absolute atomic E-state index is 0.0277. The highest BCUT2D eigenvalue weighted by Gasteiger charge is 2.16. The van der Waals surface area contributed by atoms with Crippen LogP contribution in [0.4, 0.5) is 0 Å². The molecule has 2 rings (SSSR count). The number of nitrogens with zero attached hydrogens (tertiary/aromatic N) is 1. The fraction of sp³-hybridized carbons (Fsp3) is 0.412. The van der Waals surface area contributed by atoms with Gasteiger partial charge >= 0.3 is 0 Å². The molecular formula is C17H22N2O2S. The first-order valence-electron chi connectivity index (χ1n) is 7.34. The van der Waals surface area contributed by atoms with Gasteiger partial charge in [-0.15, -0.1) is 0 Å². The number of aliphatic hydroxyl groups excluding tert-OH is 1. The number of benzene rings is 1. The van der Waals surface area contributed by atoms with Crippen molar-refractivity contribution in [1.29, 1.82) is 0 Å². The van der Waals surface area contributed by atoms with Gasteiger partial charge in [0, 0.05) is 23.8 Å². The van der Waals surface area contributed by atoms with Gasteiger partial charge in [-0.25, -0.2) is 0 Å². The highest BCUT2D eigenvalue weighted by atomic mass is 32.2. The lowest BCUT2D eigenvalue weighted by atomic mass is 10.1. The molecule has 1 aromatic carbocycles. The zero-order valence-corrected chi connectivity index (χ0v) is 14.0. The monoisotopic (exact) mass is 318 g/mol. The van der Waals surface area contributed by atoms with Crippen LogP contribution in [0.1, 0.15) is 28.0 Å². The minimum atomic E-state index is -0.124. The van der Waals surface area contributed by atoms with Gasteiger partial charge in [0.25, 0.3) is 5.91 Å². The normalized spacial score (nSPS) is 12.4. The van der Waals surface area contributed by atoms with Gasteiger partial charge in [0.15, 0.2) is 0 Å². The van der Waals surface area contributed by atoms with E-state index in [0.717, 1.165) is 27.9 Å². The van der Waals surface area contributed by atoms with Crippen molar-refractivity contribution < 1.29 is 9.90 Å². The Balaban J connectivity index is 2.28. The van der Waals surface area contributed by atoms with E-state index in [-0.39, 0.29) is 18.6 Å². The predicted molar refractivity (Wildman–Crippen MR) is 92.6 cm³/mol. The molecule has 0 radical (unpaired) electrons. The van der Waals surface area contributed by atoms with E-state index in [1.807, 2.05) is 44.4 Å². The Bertz CT molecular complexity index is 667. The molecule has 0 spiro atoms. The Labute approximate surface area is 135 Å². The van der Waals surface area contributed by atoms with E-state index in [4.69, 9.17) is 5.11 Å². The number of pyridine rings is 1. The number of fused-ring (bicyclic) bond motifs is 1. The van der Waals surface area contributed by atoms with Crippen LogP contribution >= 0.6 is 11.8 Å². The zero-order chi connectivity index (χ0) is 16.1. The molecule has 22 heavy (non-hydrogen) atoms. The highest BCUT2D eigenvalue weighted by Crippen LogP contribution is 2.18. The lowest BCUT2D eigenvalue weighted by Gasteiger charge is -2.17. The van der Waals surface area contributed by atoms with Gasteiger partial charge in [0.1, 0.15) is 0 Å². The van der Waals surface area contributed by atoms with Crippen molar-refractivity contribution in [1.82, 2.24) is 10.3 Å². The maximum absolute atomic E-state index is 12.5. The summed E-state index contributed by atoms with van der Waals surface area (Å²) in [5.74, 6) is 0.659. The first kappa shape index (κ1) is 16.8. The van der Waals surface area contributed by atoms with Crippen molar-refractivity contribution in [2.75, 3.05) is 18.6 Å². The number of aliphatic hydroxyl groups is 1. The first-order valence-corrected chi connectivity index (χ1v) is 8.73. The number of carbonyl (C=O) groups is 1. The lowest BCUT2D eigenvalue weighted by molar-refractivity contribution is 0.0934. The van der Waals surface area contributed by atoms with Crippen molar-refractivity contribution in [3.8, 4) is 0 Å². The van der Waals surface area contributed by atoms with Crippen LogP contribution in [0.25, 0.3) is 10.9 Å². The molecule has 5 heteroatoms. The molecule has 0 aliphatic carbocycles. The van der Waals surface area contributed by atoms with Crippen LogP contribution in [0.5, 0.6) is 0 Å². The molecular weight excluding hydrogens is 296 g/mol. The molecule has 0 fully saturated rings. The van der Waals surface area contributed by atoms with Gasteiger partial charge < -0.3 is 10.4 Å². The Morgan fingerprint density at radius 3 is 2.82 bits per heavy atom. The van der Waals surface area contributed by atoms with Crippen molar-refractivity contribution in [3.05, 3.63) is 41.1 Å². The maximum atomic E-state index is 12.5. The van der Waals surface area contributed by atoms with Gasteiger partial charge in [-0.05, 0) is 44.7 Å². The summed E-state index contributed by atoms with van der Waals surface area (Å²) in [6.07, 6.45) is 2.55. The second-order valence-electron chi connectivity index (χ2n) is 5.46. The summed E-state index contributed by atoms with van der Waals surface area (Å²) in [7, 11) is 0. The van der Waals surface area contributed by atoms with E-state index in [2.05, 4.69) is 10.3 Å². The summed E-state index contributed by atoms with van der Waals surface area (Å²) in [4.78, 5) is 17.0. The van der Waals surface area contributed by atoms with Crippen LogP contribution in [0.3, 0.4) is 0 Å². The van der Waals surface area contributed by atoms with Gasteiger partial charge in [0.2, 0.25) is 0 Å². The average Bonchev–Trinajstić information content (AvgIpc) is 2.47. The number of carbonyl (C=O) groups excluding carboxylic acids is 1. The highest BCUT2D eigenvalue weighted by molar-refractivity contribution is 7.98. The van der Waals surface area contributed by atoms with Crippen molar-refractivity contribution in [2.24, 2.45) is 0 Å². The largest absolute Gasteiger partial charge is 0.396 e. The SMILES string of the molecule is CSCC(CCO)NC(=O)c1cc2cc(C)ccc2nc1C. The van der Waals surface area contributed by atoms with Crippen molar-refractivity contribution in [2.45, 2.75) is 26.3 Å². The Kier molecular flexibility index (Phi) is 5.80. The number of hydrogen-bond acceptors (Lipinski definition) is 4. The summed E-state index contributed by atoms with van der Waals surface area (Å²) in [5.41, 5.74) is 3.36. The summed E-state index contributed by atoms with van der Waals surface area (Å²) >= 11 is 1.65. The topological polar surface area (TPSA) is 62.2 Å². The van der Waals surface area contributed by atoms with Gasteiger partial charge in [-0.2, -0.15) is 11.8 Å². The Morgan fingerprint density at radius 1 is 1.36 bits per heavy atom. The zero-order valence-electron chi connectivity index (χ0n) is 13.2. The number of hydrogen-bond donors (Lipinski definition) is 2. The second-order valence-corrected chi connectivity index (χ2v) is 6.37. The van der Waals surface area contributed by atoms with Crippen LogP contribution in [0.15, 0.2) is 24.3 Å².